The van der Waals surface area contributed by atoms with E-state index < -0.39 is 21.5 Å². The Balaban J connectivity index is 2.01. The van der Waals surface area contributed by atoms with E-state index in [-0.39, 0.29) is 7.25 Å². The van der Waals surface area contributed by atoms with Crippen molar-refractivity contribution in [3.05, 3.63) is 94.1 Å². The van der Waals surface area contributed by atoms with Gasteiger partial charge in [-0.25, -0.2) is 0 Å². The van der Waals surface area contributed by atoms with Crippen LogP contribution in [-0.4, -0.2) is 5.92 Å². The van der Waals surface area contributed by atoms with Crippen molar-refractivity contribution in [2.45, 2.75) is 72.7 Å². The summed E-state index contributed by atoms with van der Waals surface area (Å²) in [5.74, 6) is -1.53. The molecule has 0 aliphatic heterocycles. The topological polar surface area (TPSA) is 0 Å². The van der Waals surface area contributed by atoms with Crippen LogP contribution in [0.4, 0.5) is 0 Å². The van der Waals surface area contributed by atoms with Gasteiger partial charge in [0, 0.05) is 0 Å². The number of hydrogen-bond acceptors (Lipinski definition) is 0. The second-order valence-electron chi connectivity index (χ2n) is 11.0. The monoisotopic (exact) mass is 613 g/mol. The van der Waals surface area contributed by atoms with Crippen molar-refractivity contribution >= 4 is 47.3 Å². The molecule has 0 bridgehead atoms. The quantitative estimate of drug-likeness (QED) is 0.221. The van der Waals surface area contributed by atoms with Gasteiger partial charge in [0.25, 0.3) is 0 Å². The van der Waals surface area contributed by atoms with Crippen LogP contribution < -0.4 is 0 Å². The van der Waals surface area contributed by atoms with E-state index in [1.807, 2.05) is 12.2 Å². The molecule has 2 aliphatic rings. The fourth-order valence-corrected chi connectivity index (χ4v) is 38.2. The van der Waals surface area contributed by atoms with Gasteiger partial charge in [0.1, 0.15) is 0 Å². The van der Waals surface area contributed by atoms with Gasteiger partial charge in [-0.2, -0.15) is 0 Å². The molecule has 2 atom stereocenters. The van der Waals surface area contributed by atoms with Crippen LogP contribution in [0.25, 0.3) is 24.3 Å². The van der Waals surface area contributed by atoms with Crippen LogP contribution in [0.1, 0.15) is 93.0 Å². The van der Waals surface area contributed by atoms with Crippen LogP contribution in [0.5, 0.6) is 0 Å². The molecule has 2 aliphatic carbocycles. The molecular formula is C32H41Cl2SiZr. The summed E-state index contributed by atoms with van der Waals surface area (Å²) in [5, 5.41) is 0. The van der Waals surface area contributed by atoms with Gasteiger partial charge < -0.3 is 0 Å². The van der Waals surface area contributed by atoms with E-state index in [1.165, 1.54) is 70.2 Å². The maximum atomic E-state index is 8.44. The molecule has 2 aromatic carbocycles. The molecule has 0 amide bonds. The molecule has 0 heterocycles. The number of unbranched alkanes of at least 4 members (excludes halogenated alkanes) is 2. The number of halogens is 2. The predicted molar refractivity (Wildman–Crippen MR) is 164 cm³/mol. The number of hydrogen-bond donors (Lipinski definition) is 0. The molecular weight excluding hydrogens is 575 g/mol. The van der Waals surface area contributed by atoms with Crippen LogP contribution in [0, 0.1) is 0 Å². The van der Waals surface area contributed by atoms with Gasteiger partial charge in [-0.1, -0.05) is 0 Å². The first-order chi connectivity index (χ1) is 17.2. The summed E-state index contributed by atoms with van der Waals surface area (Å²) in [6.45, 7) is 17.7. The molecule has 0 radical (unpaired) electrons. The van der Waals surface area contributed by atoms with E-state index in [2.05, 4.69) is 88.6 Å². The molecule has 0 spiro atoms. The third kappa shape index (κ3) is 4.49. The summed E-state index contributed by atoms with van der Waals surface area (Å²) in [4.78, 5) is 0. The Kier molecular flexibility index (Phi) is 8.63. The second kappa shape index (κ2) is 11.1. The molecule has 2 aromatic rings. The van der Waals surface area contributed by atoms with E-state index in [1.54, 1.807) is 0 Å². The van der Waals surface area contributed by atoms with Crippen LogP contribution in [0.3, 0.4) is 0 Å². The summed E-state index contributed by atoms with van der Waals surface area (Å²) in [6, 6.07) is 13.3. The third-order valence-electron chi connectivity index (χ3n) is 8.65. The third-order valence-corrected chi connectivity index (χ3v) is 60.5. The molecule has 4 rings (SSSR count). The van der Waals surface area contributed by atoms with Crippen LogP contribution in [-0.2, 0) is 15.6 Å². The normalized spacial score (nSPS) is 19.8. The molecule has 0 nitrogen and oxygen atoms in total. The van der Waals surface area contributed by atoms with Gasteiger partial charge in [-0.3, -0.25) is 0 Å². The predicted octanol–water partition coefficient (Wildman–Crippen LogP) is 10.9. The van der Waals surface area contributed by atoms with E-state index in [0.29, 0.717) is 0 Å². The zero-order valence-electron chi connectivity index (χ0n) is 22.4. The average Bonchev–Trinajstić information content (AvgIpc) is 3.45. The first-order valence-corrected chi connectivity index (χ1v) is 30.0. The van der Waals surface area contributed by atoms with Gasteiger partial charge in [0.15, 0.2) is 0 Å². The Morgan fingerprint density at radius 1 is 0.778 bits per heavy atom. The van der Waals surface area contributed by atoms with Crippen molar-refractivity contribution in [1.29, 1.82) is 0 Å². The standard InChI is InChI=1S/2C15H17.C2H7Si.2ClH.Zr/c2*1-3-5-7-12-10-14-9-6-8-13(4-2)15(14)11-12;1-3-2;;;/h2*4,6,8-11H,2-3,5,7H2,1H3;3H,1-2H3;2*1H;/q;;;;;+2/p-2. The van der Waals surface area contributed by atoms with E-state index in [4.69, 9.17) is 17.0 Å². The number of benzene rings is 2. The molecule has 4 heteroatoms. The molecule has 191 valence electrons. The minimum atomic E-state index is -4.64. The zero-order chi connectivity index (χ0) is 26.1. The van der Waals surface area contributed by atoms with Gasteiger partial charge in [-0.15, -0.1) is 0 Å². The van der Waals surface area contributed by atoms with Crippen molar-refractivity contribution in [3.8, 4) is 0 Å². The average molecular weight is 616 g/mol. The van der Waals surface area contributed by atoms with Crippen molar-refractivity contribution in [3.63, 3.8) is 0 Å². The van der Waals surface area contributed by atoms with Crippen molar-refractivity contribution < 1.29 is 15.6 Å². The van der Waals surface area contributed by atoms with Gasteiger partial charge in [0.05, 0.1) is 0 Å². The summed E-state index contributed by atoms with van der Waals surface area (Å²) in [6.07, 6.45) is 15.6. The van der Waals surface area contributed by atoms with Crippen molar-refractivity contribution in [2.75, 3.05) is 0 Å². The SMILES string of the molecule is C=Cc1cccc2c1C=C(CCCC)[CH]2[Zr]([Cl])([Cl])([CH]1C(CCCC)=Cc2c(C=C)cccc21)[SiH](C)C. The summed E-state index contributed by atoms with van der Waals surface area (Å²) in [7, 11) is 16.9. The Labute approximate surface area is 228 Å². The molecule has 0 fully saturated rings. The Morgan fingerprint density at radius 2 is 1.19 bits per heavy atom. The van der Waals surface area contributed by atoms with Gasteiger partial charge in [0.2, 0.25) is 0 Å². The van der Waals surface area contributed by atoms with Crippen LogP contribution in [0.2, 0.25) is 13.1 Å². The summed E-state index contributed by atoms with van der Waals surface area (Å²) < 4.78 is 0.326. The zero-order valence-corrected chi connectivity index (χ0v) is 27.5. The minimum absolute atomic E-state index is 0.163. The first kappa shape index (κ1) is 28.1. The van der Waals surface area contributed by atoms with Crippen LogP contribution in [0.15, 0.2) is 60.7 Å². The van der Waals surface area contributed by atoms with Crippen molar-refractivity contribution in [1.82, 2.24) is 0 Å². The van der Waals surface area contributed by atoms with Gasteiger partial charge >= 0.3 is 230 Å². The Morgan fingerprint density at radius 3 is 1.53 bits per heavy atom. The number of allylic oxidation sites excluding steroid dienone is 2. The van der Waals surface area contributed by atoms with Gasteiger partial charge in [-0.05, 0) is 0 Å². The fourth-order valence-electron chi connectivity index (χ4n) is 6.66. The molecule has 0 saturated heterocycles. The molecule has 0 aromatic heterocycles. The van der Waals surface area contributed by atoms with E-state index >= 15 is 0 Å². The Bertz CT molecular complexity index is 1150. The van der Waals surface area contributed by atoms with Crippen molar-refractivity contribution in [2.24, 2.45) is 0 Å². The summed E-state index contributed by atoms with van der Waals surface area (Å²) >= 11 is -4.64. The van der Waals surface area contributed by atoms with E-state index in [0.717, 1.165) is 12.8 Å². The number of fused-ring (bicyclic) bond motifs is 2. The van der Waals surface area contributed by atoms with E-state index in [9.17, 15) is 0 Å². The maximum absolute atomic E-state index is 8.44. The summed E-state index contributed by atoms with van der Waals surface area (Å²) in [5.41, 5.74) is 10.7. The van der Waals surface area contributed by atoms with Crippen LogP contribution >= 0.6 is 17.0 Å². The Hall–Kier alpha value is -0.920. The molecule has 0 saturated carbocycles. The molecule has 2 unspecified atom stereocenters. The molecule has 36 heavy (non-hydrogen) atoms. The molecule has 0 N–H and O–H groups in total. The first-order valence-electron chi connectivity index (χ1n) is 13.7. The second-order valence-corrected chi connectivity index (χ2v) is 53.5. The fraction of sp³-hybridized carbons (Fsp3) is 0.375. The number of rotatable bonds is 11.